The van der Waals surface area contributed by atoms with E-state index in [0.717, 1.165) is 5.56 Å². The van der Waals surface area contributed by atoms with Crippen LogP contribution in [0.4, 0.5) is 5.69 Å². The van der Waals surface area contributed by atoms with Gasteiger partial charge in [0.25, 0.3) is 0 Å². The molecule has 0 spiro atoms. The molecule has 0 radical (unpaired) electrons. The molecule has 0 fully saturated rings. The van der Waals surface area contributed by atoms with E-state index in [2.05, 4.69) is 5.32 Å². The fraction of sp³-hybridized carbons (Fsp3) is 0.222. The van der Waals surface area contributed by atoms with Crippen LogP contribution in [-0.2, 0) is 19.4 Å². The van der Waals surface area contributed by atoms with Crippen molar-refractivity contribution in [2.24, 2.45) is 0 Å². The van der Waals surface area contributed by atoms with Crippen molar-refractivity contribution in [3.8, 4) is 0 Å². The molecule has 0 unspecified atom stereocenters. The van der Waals surface area contributed by atoms with Crippen LogP contribution in [-0.4, -0.2) is 32.7 Å². The lowest BCUT2D eigenvalue weighted by molar-refractivity contribution is -0.113. The number of nitrogens with one attached hydrogen (secondary N) is 1. The molecule has 0 bridgehead atoms. The van der Waals surface area contributed by atoms with Crippen molar-refractivity contribution >= 4 is 27.4 Å². The standard InChI is InChI=1S/C18H19NO5S/c1-3-24-18(21)14-6-8-15(9-7-14)19-17(20)12-25(22,23)16-10-4-13(2)5-11-16/h4-11H,3,12H2,1-2H3,(H,19,20). The van der Waals surface area contributed by atoms with Crippen molar-refractivity contribution < 1.29 is 22.7 Å². The smallest absolute Gasteiger partial charge is 0.338 e. The number of hydrogen-bond acceptors (Lipinski definition) is 5. The second-order valence-corrected chi connectivity index (χ2v) is 7.41. The Kier molecular flexibility index (Phi) is 5.93. The van der Waals surface area contributed by atoms with Crippen LogP contribution in [0.5, 0.6) is 0 Å². The summed E-state index contributed by atoms with van der Waals surface area (Å²) in [6.07, 6.45) is 0. The Labute approximate surface area is 146 Å². The summed E-state index contributed by atoms with van der Waals surface area (Å²) in [5.74, 6) is -1.76. The van der Waals surface area contributed by atoms with Crippen LogP contribution in [0.15, 0.2) is 53.4 Å². The second kappa shape index (κ2) is 7.94. The number of rotatable bonds is 6. The first-order valence-corrected chi connectivity index (χ1v) is 9.33. The van der Waals surface area contributed by atoms with Gasteiger partial charge >= 0.3 is 5.97 Å². The van der Waals surface area contributed by atoms with Gasteiger partial charge < -0.3 is 10.1 Å². The van der Waals surface area contributed by atoms with E-state index >= 15 is 0 Å². The molecule has 0 aromatic heterocycles. The Hall–Kier alpha value is -2.67. The molecular weight excluding hydrogens is 342 g/mol. The molecule has 1 amide bonds. The normalized spacial score (nSPS) is 11.0. The lowest BCUT2D eigenvalue weighted by atomic mass is 10.2. The predicted molar refractivity (Wildman–Crippen MR) is 94.3 cm³/mol. The molecule has 0 aliphatic carbocycles. The molecule has 2 rings (SSSR count). The molecular formula is C18H19NO5S. The molecule has 2 aromatic rings. The quantitative estimate of drug-likeness (QED) is 0.799. The maximum atomic E-state index is 12.2. The van der Waals surface area contributed by atoms with Crippen molar-refractivity contribution in [1.82, 2.24) is 0 Å². The highest BCUT2D eigenvalue weighted by Gasteiger charge is 2.19. The van der Waals surface area contributed by atoms with Crippen molar-refractivity contribution in [3.63, 3.8) is 0 Å². The maximum absolute atomic E-state index is 12.2. The highest BCUT2D eigenvalue weighted by Crippen LogP contribution is 2.14. The monoisotopic (exact) mass is 361 g/mol. The van der Waals surface area contributed by atoms with Gasteiger partial charge in [-0.25, -0.2) is 13.2 Å². The number of anilines is 1. The first-order valence-electron chi connectivity index (χ1n) is 7.68. The number of esters is 1. The number of amides is 1. The van der Waals surface area contributed by atoms with Crippen molar-refractivity contribution in [1.29, 1.82) is 0 Å². The van der Waals surface area contributed by atoms with Crippen LogP contribution in [0, 0.1) is 6.92 Å². The average Bonchev–Trinajstić information content (AvgIpc) is 2.55. The summed E-state index contributed by atoms with van der Waals surface area (Å²) in [5.41, 5.74) is 1.69. The number of hydrogen-bond donors (Lipinski definition) is 1. The van der Waals surface area contributed by atoms with Crippen LogP contribution in [0.25, 0.3) is 0 Å². The summed E-state index contributed by atoms with van der Waals surface area (Å²) in [4.78, 5) is 23.7. The second-order valence-electron chi connectivity index (χ2n) is 5.42. The lowest BCUT2D eigenvalue weighted by Crippen LogP contribution is -2.23. The van der Waals surface area contributed by atoms with Crippen LogP contribution in [0.1, 0.15) is 22.8 Å². The number of ether oxygens (including phenoxy) is 1. The number of aryl methyl sites for hydroxylation is 1. The fourth-order valence-corrected chi connectivity index (χ4v) is 3.24. The largest absolute Gasteiger partial charge is 0.462 e. The van der Waals surface area contributed by atoms with E-state index in [1.807, 2.05) is 6.92 Å². The molecule has 2 aromatic carbocycles. The van der Waals surface area contributed by atoms with E-state index in [1.165, 1.54) is 36.4 Å². The third-order valence-corrected chi connectivity index (χ3v) is 5.01. The zero-order valence-corrected chi connectivity index (χ0v) is 14.8. The maximum Gasteiger partial charge on any atom is 0.338 e. The summed E-state index contributed by atoms with van der Waals surface area (Å²) >= 11 is 0. The molecule has 25 heavy (non-hydrogen) atoms. The minimum Gasteiger partial charge on any atom is -0.462 e. The summed E-state index contributed by atoms with van der Waals surface area (Å²) in [7, 11) is -3.71. The van der Waals surface area contributed by atoms with Crippen LogP contribution in [0.3, 0.4) is 0 Å². The van der Waals surface area contributed by atoms with Crippen molar-refractivity contribution in [2.75, 3.05) is 17.7 Å². The Morgan fingerprint density at radius 3 is 2.16 bits per heavy atom. The number of carbonyl (C=O) groups excluding carboxylic acids is 2. The topological polar surface area (TPSA) is 89.5 Å². The van der Waals surface area contributed by atoms with Gasteiger partial charge in [-0.2, -0.15) is 0 Å². The zero-order chi connectivity index (χ0) is 18.4. The van der Waals surface area contributed by atoms with Gasteiger partial charge in [0.2, 0.25) is 5.91 Å². The molecule has 1 N–H and O–H groups in total. The Bertz CT molecular complexity index is 855. The zero-order valence-electron chi connectivity index (χ0n) is 14.0. The van der Waals surface area contributed by atoms with E-state index in [4.69, 9.17) is 4.74 Å². The summed E-state index contributed by atoms with van der Waals surface area (Å²) < 4.78 is 29.3. The van der Waals surface area contributed by atoms with Crippen LogP contribution < -0.4 is 5.32 Å². The summed E-state index contributed by atoms with van der Waals surface area (Å²) in [6, 6.07) is 12.4. The van der Waals surface area contributed by atoms with Gasteiger partial charge in [0.05, 0.1) is 17.1 Å². The molecule has 0 aliphatic heterocycles. The highest BCUT2D eigenvalue weighted by atomic mass is 32.2. The van der Waals surface area contributed by atoms with Gasteiger partial charge in [-0.15, -0.1) is 0 Å². The van der Waals surface area contributed by atoms with E-state index in [1.54, 1.807) is 19.1 Å². The van der Waals surface area contributed by atoms with Crippen LogP contribution >= 0.6 is 0 Å². The van der Waals surface area contributed by atoms with Gasteiger partial charge in [-0.3, -0.25) is 4.79 Å². The molecule has 132 valence electrons. The van der Waals surface area contributed by atoms with E-state index in [0.29, 0.717) is 11.3 Å². The Balaban J connectivity index is 2.02. The molecule has 6 nitrogen and oxygen atoms in total. The first kappa shape index (κ1) is 18.7. The first-order chi connectivity index (χ1) is 11.8. The van der Waals surface area contributed by atoms with Gasteiger partial charge in [-0.1, -0.05) is 17.7 Å². The molecule has 7 heteroatoms. The third kappa shape index (κ3) is 5.15. The van der Waals surface area contributed by atoms with Crippen LogP contribution in [0.2, 0.25) is 0 Å². The molecule has 0 heterocycles. The van der Waals surface area contributed by atoms with E-state index < -0.39 is 27.5 Å². The molecule has 0 saturated heterocycles. The number of benzene rings is 2. The van der Waals surface area contributed by atoms with Crippen molar-refractivity contribution in [2.45, 2.75) is 18.7 Å². The molecule has 0 aliphatic rings. The van der Waals surface area contributed by atoms with E-state index in [-0.39, 0.29) is 11.5 Å². The van der Waals surface area contributed by atoms with Crippen molar-refractivity contribution in [3.05, 3.63) is 59.7 Å². The number of sulfone groups is 1. The minimum absolute atomic E-state index is 0.103. The highest BCUT2D eigenvalue weighted by molar-refractivity contribution is 7.92. The molecule has 0 atom stereocenters. The summed E-state index contributed by atoms with van der Waals surface area (Å²) in [6.45, 7) is 3.83. The Morgan fingerprint density at radius 2 is 1.60 bits per heavy atom. The number of carbonyl (C=O) groups is 2. The lowest BCUT2D eigenvalue weighted by Gasteiger charge is -2.08. The fourth-order valence-electron chi connectivity index (χ4n) is 2.10. The van der Waals surface area contributed by atoms with Gasteiger partial charge in [-0.05, 0) is 50.2 Å². The van der Waals surface area contributed by atoms with Gasteiger partial charge in [0.1, 0.15) is 5.75 Å². The third-order valence-electron chi connectivity index (χ3n) is 3.38. The average molecular weight is 361 g/mol. The van der Waals surface area contributed by atoms with Gasteiger partial charge in [0.15, 0.2) is 9.84 Å². The van der Waals surface area contributed by atoms with Gasteiger partial charge in [0, 0.05) is 5.69 Å². The van der Waals surface area contributed by atoms with E-state index in [9.17, 15) is 18.0 Å². The molecule has 0 saturated carbocycles. The SMILES string of the molecule is CCOC(=O)c1ccc(NC(=O)CS(=O)(=O)c2ccc(C)cc2)cc1. The summed E-state index contributed by atoms with van der Waals surface area (Å²) in [5, 5.41) is 2.51. The minimum atomic E-state index is -3.71. The predicted octanol–water partition coefficient (Wildman–Crippen LogP) is 2.58. The Morgan fingerprint density at radius 1 is 1.00 bits per heavy atom.